The molecule has 2 aromatic carbocycles. The Kier molecular flexibility index (Phi) is 3.92. The average molecular weight is 297 g/mol. The second kappa shape index (κ2) is 6.01. The van der Waals surface area contributed by atoms with Gasteiger partial charge >= 0.3 is 0 Å². The molecular weight excluding hydrogens is 282 g/mol. The van der Waals surface area contributed by atoms with Gasteiger partial charge in [0.1, 0.15) is 5.01 Å². The molecule has 0 radical (unpaired) electrons. The van der Waals surface area contributed by atoms with E-state index in [9.17, 15) is 4.79 Å². The molecule has 0 spiro atoms. The van der Waals surface area contributed by atoms with Gasteiger partial charge in [-0.15, -0.1) is 10.2 Å². The number of hydrogen-bond acceptors (Lipinski definition) is 4. The predicted octanol–water partition coefficient (Wildman–Crippen LogP) is 3.43. The van der Waals surface area contributed by atoms with Crippen LogP contribution in [0.2, 0.25) is 0 Å². The standard InChI is InChI=1S/C16H15N3OS/c1-2-15-18-19-16(21-15)17-14(20)10-11-7-8-12-5-3-4-6-13(12)9-11/h3-9H,2,10H2,1H3,(H,17,19,20). The first kappa shape index (κ1) is 13.7. The number of rotatable bonds is 4. The van der Waals surface area contributed by atoms with Crippen LogP contribution in [0.5, 0.6) is 0 Å². The summed E-state index contributed by atoms with van der Waals surface area (Å²) in [6, 6.07) is 14.2. The highest BCUT2D eigenvalue weighted by molar-refractivity contribution is 7.15. The van der Waals surface area contributed by atoms with Crippen molar-refractivity contribution in [2.24, 2.45) is 0 Å². The molecule has 0 saturated carbocycles. The van der Waals surface area contributed by atoms with Crippen molar-refractivity contribution >= 4 is 33.1 Å². The molecule has 4 nitrogen and oxygen atoms in total. The first-order valence-electron chi connectivity index (χ1n) is 6.84. The number of aryl methyl sites for hydroxylation is 1. The Morgan fingerprint density at radius 2 is 1.95 bits per heavy atom. The third kappa shape index (κ3) is 3.25. The molecule has 5 heteroatoms. The third-order valence-corrected chi connectivity index (χ3v) is 4.18. The van der Waals surface area contributed by atoms with Crippen molar-refractivity contribution in [1.82, 2.24) is 10.2 Å². The minimum absolute atomic E-state index is 0.0657. The van der Waals surface area contributed by atoms with Crippen molar-refractivity contribution in [3.05, 3.63) is 53.0 Å². The molecule has 1 aromatic heterocycles. The van der Waals surface area contributed by atoms with E-state index in [-0.39, 0.29) is 5.91 Å². The van der Waals surface area contributed by atoms with Crippen molar-refractivity contribution in [1.29, 1.82) is 0 Å². The second-order valence-corrected chi connectivity index (χ2v) is 5.82. The number of carbonyl (C=O) groups is 1. The predicted molar refractivity (Wildman–Crippen MR) is 85.6 cm³/mol. The largest absolute Gasteiger partial charge is 0.300 e. The summed E-state index contributed by atoms with van der Waals surface area (Å²) in [5.74, 6) is -0.0657. The minimum Gasteiger partial charge on any atom is -0.300 e. The number of carbonyl (C=O) groups excluding carboxylic acids is 1. The number of benzene rings is 2. The number of fused-ring (bicyclic) bond motifs is 1. The Balaban J connectivity index is 1.70. The van der Waals surface area contributed by atoms with E-state index in [2.05, 4.69) is 27.6 Å². The molecule has 0 atom stereocenters. The molecule has 0 saturated heterocycles. The third-order valence-electron chi connectivity index (χ3n) is 3.19. The summed E-state index contributed by atoms with van der Waals surface area (Å²) in [7, 11) is 0. The summed E-state index contributed by atoms with van der Waals surface area (Å²) in [6.07, 6.45) is 1.17. The molecule has 0 aliphatic carbocycles. The van der Waals surface area contributed by atoms with E-state index in [4.69, 9.17) is 0 Å². The molecular formula is C16H15N3OS. The smallest absolute Gasteiger partial charge is 0.230 e. The number of nitrogens with zero attached hydrogens (tertiary/aromatic N) is 2. The van der Waals surface area contributed by atoms with Gasteiger partial charge in [-0.1, -0.05) is 60.7 Å². The van der Waals surface area contributed by atoms with Crippen LogP contribution >= 0.6 is 11.3 Å². The van der Waals surface area contributed by atoms with E-state index >= 15 is 0 Å². The highest BCUT2D eigenvalue weighted by atomic mass is 32.1. The van der Waals surface area contributed by atoms with Crippen LogP contribution in [0.1, 0.15) is 17.5 Å². The van der Waals surface area contributed by atoms with Crippen molar-refractivity contribution in [2.75, 3.05) is 5.32 Å². The lowest BCUT2D eigenvalue weighted by molar-refractivity contribution is -0.115. The van der Waals surface area contributed by atoms with Crippen LogP contribution in [0.3, 0.4) is 0 Å². The molecule has 1 heterocycles. The maximum Gasteiger partial charge on any atom is 0.230 e. The van der Waals surface area contributed by atoms with Crippen LogP contribution < -0.4 is 5.32 Å². The summed E-state index contributed by atoms with van der Waals surface area (Å²) >= 11 is 1.42. The summed E-state index contributed by atoms with van der Waals surface area (Å²) in [5, 5.41) is 14.6. The molecule has 1 amide bonds. The molecule has 0 aliphatic heterocycles. The van der Waals surface area contributed by atoms with Crippen molar-refractivity contribution in [3.8, 4) is 0 Å². The Hall–Kier alpha value is -2.27. The van der Waals surface area contributed by atoms with Crippen molar-refractivity contribution < 1.29 is 4.79 Å². The lowest BCUT2D eigenvalue weighted by atomic mass is 10.1. The quantitative estimate of drug-likeness (QED) is 0.802. The number of nitrogens with one attached hydrogen (secondary N) is 1. The van der Waals surface area contributed by atoms with E-state index in [1.165, 1.54) is 16.7 Å². The zero-order valence-corrected chi connectivity index (χ0v) is 12.5. The fourth-order valence-electron chi connectivity index (χ4n) is 2.14. The van der Waals surface area contributed by atoms with E-state index in [1.807, 2.05) is 37.3 Å². The lowest BCUT2D eigenvalue weighted by Crippen LogP contribution is -2.14. The van der Waals surface area contributed by atoms with Gasteiger partial charge < -0.3 is 5.32 Å². The van der Waals surface area contributed by atoms with Crippen LogP contribution in [0.15, 0.2) is 42.5 Å². The highest BCUT2D eigenvalue weighted by Crippen LogP contribution is 2.18. The van der Waals surface area contributed by atoms with Gasteiger partial charge in [-0.2, -0.15) is 0 Å². The number of aromatic nitrogens is 2. The van der Waals surface area contributed by atoms with Gasteiger partial charge in [0.05, 0.1) is 6.42 Å². The lowest BCUT2D eigenvalue weighted by Gasteiger charge is -2.03. The van der Waals surface area contributed by atoms with Gasteiger partial charge in [-0.3, -0.25) is 4.79 Å². The monoisotopic (exact) mass is 297 g/mol. The summed E-state index contributed by atoms with van der Waals surface area (Å²) < 4.78 is 0. The zero-order chi connectivity index (χ0) is 14.7. The van der Waals surface area contributed by atoms with Gasteiger partial charge in [0.25, 0.3) is 0 Å². The SMILES string of the molecule is CCc1nnc(NC(=O)Cc2ccc3ccccc3c2)s1. The molecule has 106 valence electrons. The fraction of sp³-hybridized carbons (Fsp3) is 0.188. The normalized spacial score (nSPS) is 10.7. The number of amides is 1. The van der Waals surface area contributed by atoms with E-state index in [0.29, 0.717) is 11.6 Å². The van der Waals surface area contributed by atoms with Gasteiger partial charge in [0, 0.05) is 0 Å². The molecule has 0 unspecified atom stereocenters. The Bertz CT molecular complexity index is 782. The zero-order valence-electron chi connectivity index (χ0n) is 11.7. The van der Waals surface area contributed by atoms with Crippen LogP contribution in [-0.4, -0.2) is 16.1 Å². The molecule has 0 fully saturated rings. The van der Waals surface area contributed by atoms with E-state index in [0.717, 1.165) is 22.4 Å². The first-order valence-corrected chi connectivity index (χ1v) is 7.66. The van der Waals surface area contributed by atoms with Crippen molar-refractivity contribution in [3.63, 3.8) is 0 Å². The van der Waals surface area contributed by atoms with Gasteiger partial charge in [-0.05, 0) is 22.8 Å². The molecule has 21 heavy (non-hydrogen) atoms. The maximum absolute atomic E-state index is 12.0. The molecule has 0 aliphatic rings. The molecule has 1 N–H and O–H groups in total. The molecule has 0 bridgehead atoms. The summed E-state index contributed by atoms with van der Waals surface area (Å²) in [5.41, 5.74) is 0.992. The fourth-order valence-corrected chi connectivity index (χ4v) is 2.84. The van der Waals surface area contributed by atoms with E-state index < -0.39 is 0 Å². The maximum atomic E-state index is 12.0. The molecule has 3 aromatic rings. The Morgan fingerprint density at radius 1 is 1.14 bits per heavy atom. The van der Waals surface area contributed by atoms with Gasteiger partial charge in [0.2, 0.25) is 11.0 Å². The van der Waals surface area contributed by atoms with Crippen LogP contribution in [0, 0.1) is 0 Å². The van der Waals surface area contributed by atoms with Crippen LogP contribution in [0.4, 0.5) is 5.13 Å². The number of anilines is 1. The van der Waals surface area contributed by atoms with Crippen molar-refractivity contribution in [2.45, 2.75) is 19.8 Å². The second-order valence-electron chi connectivity index (χ2n) is 4.76. The topological polar surface area (TPSA) is 54.9 Å². The van der Waals surface area contributed by atoms with Crippen LogP contribution in [-0.2, 0) is 17.6 Å². The first-order chi connectivity index (χ1) is 10.2. The summed E-state index contributed by atoms with van der Waals surface area (Å²) in [6.45, 7) is 2.02. The van der Waals surface area contributed by atoms with E-state index in [1.54, 1.807) is 0 Å². The van der Waals surface area contributed by atoms with Gasteiger partial charge in [0.15, 0.2) is 0 Å². The summed E-state index contributed by atoms with van der Waals surface area (Å²) in [4.78, 5) is 12.0. The Morgan fingerprint density at radius 3 is 2.71 bits per heavy atom. The molecule has 3 rings (SSSR count). The average Bonchev–Trinajstić information content (AvgIpc) is 2.94. The Labute approximate surface area is 126 Å². The van der Waals surface area contributed by atoms with Crippen LogP contribution in [0.25, 0.3) is 10.8 Å². The van der Waals surface area contributed by atoms with Gasteiger partial charge in [-0.25, -0.2) is 0 Å². The number of hydrogen-bond donors (Lipinski definition) is 1. The highest BCUT2D eigenvalue weighted by Gasteiger charge is 2.08. The minimum atomic E-state index is -0.0657.